The van der Waals surface area contributed by atoms with Crippen LogP contribution in [-0.2, 0) is 14.8 Å². The Labute approximate surface area is 170 Å². The van der Waals surface area contributed by atoms with Crippen molar-refractivity contribution < 1.29 is 17.9 Å². The van der Waals surface area contributed by atoms with Crippen LogP contribution in [-0.4, -0.2) is 38.3 Å². The third-order valence-electron chi connectivity index (χ3n) is 5.20. The third kappa shape index (κ3) is 3.71. The van der Waals surface area contributed by atoms with Crippen LogP contribution < -0.4 is 10.1 Å². The topological polar surface area (TPSA) is 75.7 Å². The van der Waals surface area contributed by atoms with Crippen LogP contribution in [0.4, 0.5) is 5.69 Å². The molecule has 1 atom stereocenters. The molecule has 150 valence electrons. The molecule has 0 spiro atoms. The van der Waals surface area contributed by atoms with Gasteiger partial charge in [-0.05, 0) is 47.9 Å². The number of fused-ring (bicyclic) bond motifs is 1. The largest absolute Gasteiger partial charge is 0.495 e. The standard InChI is InChI=1S/C22H22N2O4S/c1-28-21-11-5-4-9-19(21)23-22(25)20-10-6-14-24(20)29(26,27)18-13-12-16-7-2-3-8-17(16)15-18/h2-5,7-9,11-13,15,20H,6,10,14H2,1H3,(H,23,25)/t20-/m0/s1. The molecule has 29 heavy (non-hydrogen) atoms. The molecule has 3 aromatic carbocycles. The molecule has 6 nitrogen and oxygen atoms in total. The van der Waals surface area contributed by atoms with E-state index in [1.165, 1.54) is 11.4 Å². The van der Waals surface area contributed by atoms with E-state index in [4.69, 9.17) is 4.74 Å². The first-order valence-corrected chi connectivity index (χ1v) is 10.9. The van der Waals surface area contributed by atoms with E-state index in [1.54, 1.807) is 42.5 Å². The average Bonchev–Trinajstić information content (AvgIpc) is 3.25. The van der Waals surface area contributed by atoms with Crippen molar-refractivity contribution >= 4 is 32.4 Å². The summed E-state index contributed by atoms with van der Waals surface area (Å²) in [5.74, 6) is 0.180. The van der Waals surface area contributed by atoms with E-state index < -0.39 is 16.1 Å². The van der Waals surface area contributed by atoms with Gasteiger partial charge < -0.3 is 10.1 Å². The van der Waals surface area contributed by atoms with Crippen LogP contribution in [0.2, 0.25) is 0 Å². The first-order valence-electron chi connectivity index (χ1n) is 9.45. The molecule has 4 rings (SSSR count). The third-order valence-corrected chi connectivity index (χ3v) is 7.10. The quantitative estimate of drug-likeness (QED) is 0.697. The Morgan fingerprint density at radius 3 is 2.55 bits per heavy atom. The first-order chi connectivity index (χ1) is 14.0. The van der Waals surface area contributed by atoms with Crippen LogP contribution in [0.1, 0.15) is 12.8 Å². The van der Waals surface area contributed by atoms with Crippen molar-refractivity contribution in [3.8, 4) is 5.75 Å². The fourth-order valence-electron chi connectivity index (χ4n) is 3.72. The number of sulfonamides is 1. The lowest BCUT2D eigenvalue weighted by atomic mass is 10.1. The Balaban J connectivity index is 1.61. The summed E-state index contributed by atoms with van der Waals surface area (Å²) in [4.78, 5) is 13.1. The normalized spacial score (nSPS) is 17.3. The van der Waals surface area contributed by atoms with Crippen molar-refractivity contribution in [2.45, 2.75) is 23.8 Å². The number of para-hydroxylation sites is 2. The van der Waals surface area contributed by atoms with Crippen molar-refractivity contribution in [2.24, 2.45) is 0 Å². The zero-order chi connectivity index (χ0) is 20.4. The van der Waals surface area contributed by atoms with E-state index in [9.17, 15) is 13.2 Å². The van der Waals surface area contributed by atoms with Crippen molar-refractivity contribution in [2.75, 3.05) is 19.0 Å². The number of hydrogen-bond donors (Lipinski definition) is 1. The summed E-state index contributed by atoms with van der Waals surface area (Å²) in [5, 5.41) is 4.64. The molecule has 0 unspecified atom stereocenters. The molecule has 1 aliphatic rings. The minimum Gasteiger partial charge on any atom is -0.495 e. The molecule has 1 N–H and O–H groups in total. The molecule has 1 amide bonds. The molecule has 0 radical (unpaired) electrons. The van der Waals surface area contributed by atoms with Gasteiger partial charge in [0.05, 0.1) is 17.7 Å². The highest BCUT2D eigenvalue weighted by molar-refractivity contribution is 7.89. The van der Waals surface area contributed by atoms with Gasteiger partial charge in [0.2, 0.25) is 15.9 Å². The number of amides is 1. The summed E-state index contributed by atoms with van der Waals surface area (Å²) >= 11 is 0. The molecule has 1 aliphatic heterocycles. The maximum absolute atomic E-state index is 13.3. The summed E-state index contributed by atoms with van der Waals surface area (Å²) in [7, 11) is -2.27. The van der Waals surface area contributed by atoms with Crippen LogP contribution in [0.15, 0.2) is 71.6 Å². The molecule has 0 saturated carbocycles. The zero-order valence-corrected chi connectivity index (χ0v) is 16.9. The fourth-order valence-corrected chi connectivity index (χ4v) is 5.41. The molecule has 0 aromatic heterocycles. The SMILES string of the molecule is COc1ccccc1NC(=O)[C@@H]1CCCN1S(=O)(=O)c1ccc2ccccc2c1. The van der Waals surface area contributed by atoms with E-state index in [-0.39, 0.29) is 10.8 Å². The zero-order valence-electron chi connectivity index (χ0n) is 16.0. The first kappa shape index (κ1) is 19.4. The Morgan fingerprint density at radius 1 is 1.03 bits per heavy atom. The van der Waals surface area contributed by atoms with E-state index in [1.807, 2.05) is 24.3 Å². The number of rotatable bonds is 5. The van der Waals surface area contributed by atoms with Gasteiger partial charge in [0, 0.05) is 6.54 Å². The van der Waals surface area contributed by atoms with Gasteiger partial charge in [-0.1, -0.05) is 42.5 Å². The van der Waals surface area contributed by atoms with Crippen molar-refractivity contribution in [1.82, 2.24) is 4.31 Å². The smallest absolute Gasteiger partial charge is 0.243 e. The minimum atomic E-state index is -3.79. The van der Waals surface area contributed by atoms with Crippen molar-refractivity contribution in [1.29, 1.82) is 0 Å². The van der Waals surface area contributed by atoms with Crippen LogP contribution >= 0.6 is 0 Å². The van der Waals surface area contributed by atoms with Crippen LogP contribution in [0.5, 0.6) is 5.75 Å². The Bertz CT molecular complexity index is 1160. The maximum atomic E-state index is 13.3. The van der Waals surface area contributed by atoms with Crippen LogP contribution in [0.3, 0.4) is 0 Å². The summed E-state index contributed by atoms with van der Waals surface area (Å²) in [5.41, 5.74) is 0.523. The molecule has 3 aromatic rings. The van der Waals surface area contributed by atoms with Gasteiger partial charge in [0.25, 0.3) is 0 Å². The lowest BCUT2D eigenvalue weighted by molar-refractivity contribution is -0.119. The molecule has 1 saturated heterocycles. The van der Waals surface area contributed by atoms with Gasteiger partial charge in [-0.15, -0.1) is 0 Å². The highest BCUT2D eigenvalue weighted by Crippen LogP contribution is 2.30. The number of carbonyl (C=O) groups is 1. The van der Waals surface area contributed by atoms with Gasteiger partial charge >= 0.3 is 0 Å². The number of hydrogen-bond acceptors (Lipinski definition) is 4. The lowest BCUT2D eigenvalue weighted by Gasteiger charge is -2.24. The highest BCUT2D eigenvalue weighted by Gasteiger charge is 2.39. The number of ether oxygens (including phenoxy) is 1. The van der Waals surface area contributed by atoms with E-state index in [2.05, 4.69) is 5.32 Å². The summed E-state index contributed by atoms with van der Waals surface area (Å²) < 4.78 is 33.2. The van der Waals surface area contributed by atoms with Gasteiger partial charge in [0.15, 0.2) is 0 Å². The predicted octanol–water partition coefficient (Wildman–Crippen LogP) is 3.64. The second-order valence-corrected chi connectivity index (χ2v) is 8.86. The fraction of sp³-hybridized carbons (Fsp3) is 0.227. The molecular formula is C22H22N2O4S. The van der Waals surface area contributed by atoms with Crippen molar-refractivity contribution in [3.05, 3.63) is 66.7 Å². The van der Waals surface area contributed by atoms with E-state index >= 15 is 0 Å². The number of methoxy groups -OCH3 is 1. The lowest BCUT2D eigenvalue weighted by Crippen LogP contribution is -2.43. The summed E-state index contributed by atoms with van der Waals surface area (Å²) in [6, 6.07) is 19.0. The number of benzene rings is 3. The van der Waals surface area contributed by atoms with Crippen LogP contribution in [0.25, 0.3) is 10.8 Å². The molecule has 0 aliphatic carbocycles. The Hall–Kier alpha value is -2.90. The monoisotopic (exact) mass is 410 g/mol. The minimum absolute atomic E-state index is 0.202. The number of nitrogens with zero attached hydrogens (tertiary/aromatic N) is 1. The summed E-state index contributed by atoms with van der Waals surface area (Å²) in [6.45, 7) is 0.319. The maximum Gasteiger partial charge on any atom is 0.243 e. The molecular weight excluding hydrogens is 388 g/mol. The van der Waals surface area contributed by atoms with E-state index in [0.717, 1.165) is 10.8 Å². The average molecular weight is 410 g/mol. The number of anilines is 1. The highest BCUT2D eigenvalue weighted by atomic mass is 32.2. The van der Waals surface area contributed by atoms with Gasteiger partial charge in [-0.25, -0.2) is 8.42 Å². The predicted molar refractivity (Wildman–Crippen MR) is 112 cm³/mol. The van der Waals surface area contributed by atoms with E-state index in [0.29, 0.717) is 30.8 Å². The number of carbonyl (C=O) groups excluding carboxylic acids is 1. The van der Waals surface area contributed by atoms with Gasteiger partial charge in [-0.2, -0.15) is 4.31 Å². The Morgan fingerprint density at radius 2 is 1.76 bits per heavy atom. The molecule has 7 heteroatoms. The van der Waals surface area contributed by atoms with Gasteiger partial charge in [0.1, 0.15) is 11.8 Å². The summed E-state index contributed by atoms with van der Waals surface area (Å²) in [6.07, 6.45) is 1.12. The van der Waals surface area contributed by atoms with Gasteiger partial charge in [-0.3, -0.25) is 4.79 Å². The van der Waals surface area contributed by atoms with Crippen molar-refractivity contribution in [3.63, 3.8) is 0 Å². The van der Waals surface area contributed by atoms with Crippen LogP contribution in [0, 0.1) is 0 Å². The second-order valence-electron chi connectivity index (χ2n) is 6.97. The number of nitrogens with one attached hydrogen (secondary N) is 1. The second kappa shape index (κ2) is 7.85. The molecule has 1 heterocycles. The molecule has 1 fully saturated rings. The molecule has 0 bridgehead atoms. The Kier molecular flexibility index (Phi) is 5.25.